The second-order valence-corrected chi connectivity index (χ2v) is 7.40. The largest absolute Gasteiger partial charge is 0.322 e. The predicted molar refractivity (Wildman–Crippen MR) is 117 cm³/mol. The molecule has 0 aliphatic carbocycles. The monoisotopic (exact) mass is 401 g/mol. The molecule has 4 rings (SSSR count). The van der Waals surface area contributed by atoms with E-state index in [4.69, 9.17) is 0 Å². The summed E-state index contributed by atoms with van der Waals surface area (Å²) in [6.07, 6.45) is 1.53. The minimum atomic E-state index is -0.237. The first-order valence-electron chi connectivity index (χ1n) is 9.08. The second-order valence-electron chi connectivity index (χ2n) is 6.54. The maximum Gasteiger partial charge on any atom is 0.259 e. The number of thiazole rings is 1. The molecule has 0 aliphatic heterocycles. The molecule has 144 valence electrons. The summed E-state index contributed by atoms with van der Waals surface area (Å²) in [7, 11) is 0. The molecule has 1 amide bonds. The van der Waals surface area contributed by atoms with Crippen LogP contribution in [0.4, 0.5) is 16.8 Å². The van der Waals surface area contributed by atoms with Crippen molar-refractivity contribution >= 4 is 34.0 Å². The molecule has 0 saturated carbocycles. The molecule has 0 radical (unpaired) electrons. The Hall–Kier alpha value is -3.58. The van der Waals surface area contributed by atoms with Crippen molar-refractivity contribution in [2.75, 3.05) is 10.6 Å². The van der Waals surface area contributed by atoms with Crippen LogP contribution in [0.5, 0.6) is 0 Å². The highest BCUT2D eigenvalue weighted by atomic mass is 32.1. The number of aryl methyl sites for hydroxylation is 2. The van der Waals surface area contributed by atoms with Gasteiger partial charge in [-0.1, -0.05) is 48.0 Å². The first-order valence-corrected chi connectivity index (χ1v) is 9.96. The second kappa shape index (κ2) is 8.20. The van der Waals surface area contributed by atoms with Crippen molar-refractivity contribution in [3.8, 4) is 11.3 Å². The zero-order valence-corrected chi connectivity index (χ0v) is 16.8. The number of carbonyl (C=O) groups is 1. The molecule has 2 aromatic heterocycles. The summed E-state index contributed by atoms with van der Waals surface area (Å²) in [5, 5.41) is 8.65. The number of rotatable bonds is 5. The van der Waals surface area contributed by atoms with E-state index in [0.29, 0.717) is 22.3 Å². The Morgan fingerprint density at radius 1 is 0.966 bits per heavy atom. The molecule has 0 saturated heterocycles. The maximum absolute atomic E-state index is 12.5. The van der Waals surface area contributed by atoms with Gasteiger partial charge in [-0.2, -0.15) is 0 Å². The summed E-state index contributed by atoms with van der Waals surface area (Å²) in [4.78, 5) is 25.8. The molecule has 0 fully saturated rings. The molecule has 0 atom stereocenters. The number of amides is 1. The van der Waals surface area contributed by atoms with Gasteiger partial charge in [-0.05, 0) is 26.0 Å². The fourth-order valence-electron chi connectivity index (χ4n) is 2.75. The van der Waals surface area contributed by atoms with Crippen molar-refractivity contribution in [1.82, 2.24) is 15.0 Å². The van der Waals surface area contributed by atoms with Crippen molar-refractivity contribution in [3.05, 3.63) is 83.0 Å². The van der Waals surface area contributed by atoms with Crippen LogP contribution in [0.1, 0.15) is 21.6 Å². The van der Waals surface area contributed by atoms with Crippen molar-refractivity contribution in [2.45, 2.75) is 13.8 Å². The van der Waals surface area contributed by atoms with E-state index in [0.717, 1.165) is 22.5 Å². The third kappa shape index (κ3) is 4.47. The number of nitrogens with one attached hydrogen (secondary N) is 2. The number of anilines is 3. The Kier molecular flexibility index (Phi) is 5.31. The van der Waals surface area contributed by atoms with E-state index < -0.39 is 0 Å². The molecule has 4 aromatic rings. The lowest BCUT2D eigenvalue weighted by Crippen LogP contribution is -2.15. The average molecular weight is 401 g/mol. The molecule has 2 aromatic carbocycles. The Morgan fingerprint density at radius 3 is 2.45 bits per heavy atom. The minimum Gasteiger partial charge on any atom is -0.322 e. The molecule has 29 heavy (non-hydrogen) atoms. The lowest BCUT2D eigenvalue weighted by Gasteiger charge is -2.08. The third-order valence-electron chi connectivity index (χ3n) is 4.33. The number of aromatic nitrogens is 3. The SMILES string of the molecule is Cc1ccc(NC(=O)c2cnc(Nc3nc(-c4ccccc4)cs3)nc2C)cc1. The van der Waals surface area contributed by atoms with E-state index in [9.17, 15) is 4.79 Å². The van der Waals surface area contributed by atoms with E-state index in [1.807, 2.05) is 66.9 Å². The first-order chi connectivity index (χ1) is 14.1. The highest BCUT2D eigenvalue weighted by molar-refractivity contribution is 7.14. The topological polar surface area (TPSA) is 79.8 Å². The number of benzene rings is 2. The van der Waals surface area contributed by atoms with Crippen LogP contribution >= 0.6 is 11.3 Å². The molecular weight excluding hydrogens is 382 g/mol. The predicted octanol–water partition coefficient (Wildman–Crippen LogP) is 5.21. The van der Waals surface area contributed by atoms with Crippen LogP contribution in [-0.4, -0.2) is 20.9 Å². The fraction of sp³-hybridized carbons (Fsp3) is 0.0909. The molecule has 0 aliphatic rings. The fourth-order valence-corrected chi connectivity index (χ4v) is 3.47. The molecule has 7 heteroatoms. The van der Waals surface area contributed by atoms with Gasteiger partial charge in [-0.3, -0.25) is 4.79 Å². The highest BCUT2D eigenvalue weighted by Crippen LogP contribution is 2.26. The zero-order valence-electron chi connectivity index (χ0n) is 16.0. The lowest BCUT2D eigenvalue weighted by molar-refractivity contribution is 0.102. The Balaban J connectivity index is 1.46. The van der Waals surface area contributed by atoms with Gasteiger partial charge in [0.2, 0.25) is 5.95 Å². The average Bonchev–Trinajstić information content (AvgIpc) is 3.19. The number of carbonyl (C=O) groups excluding carboxylic acids is 1. The van der Waals surface area contributed by atoms with Gasteiger partial charge in [0.1, 0.15) is 0 Å². The quantitative estimate of drug-likeness (QED) is 0.480. The van der Waals surface area contributed by atoms with E-state index in [1.54, 1.807) is 6.92 Å². The van der Waals surface area contributed by atoms with Crippen LogP contribution in [0.25, 0.3) is 11.3 Å². The van der Waals surface area contributed by atoms with Crippen molar-refractivity contribution < 1.29 is 4.79 Å². The summed E-state index contributed by atoms with van der Waals surface area (Å²) < 4.78 is 0. The number of hydrogen-bond donors (Lipinski definition) is 2. The summed E-state index contributed by atoms with van der Waals surface area (Å²) in [6, 6.07) is 17.6. The van der Waals surface area contributed by atoms with Crippen molar-refractivity contribution in [2.24, 2.45) is 0 Å². The van der Waals surface area contributed by atoms with E-state index in [1.165, 1.54) is 17.5 Å². The molecule has 2 N–H and O–H groups in total. The van der Waals surface area contributed by atoms with Gasteiger partial charge in [-0.15, -0.1) is 11.3 Å². The normalized spacial score (nSPS) is 10.6. The van der Waals surface area contributed by atoms with Gasteiger partial charge < -0.3 is 10.6 Å². The van der Waals surface area contributed by atoms with Crippen LogP contribution in [0, 0.1) is 13.8 Å². The summed E-state index contributed by atoms with van der Waals surface area (Å²) in [5.41, 5.74) is 4.84. The Labute approximate surface area is 172 Å². The van der Waals surface area contributed by atoms with Crippen LogP contribution in [-0.2, 0) is 0 Å². The van der Waals surface area contributed by atoms with Crippen LogP contribution < -0.4 is 10.6 Å². The van der Waals surface area contributed by atoms with E-state index in [-0.39, 0.29) is 5.91 Å². The molecule has 0 spiro atoms. The molecule has 0 bridgehead atoms. The third-order valence-corrected chi connectivity index (χ3v) is 5.08. The summed E-state index contributed by atoms with van der Waals surface area (Å²) in [5.74, 6) is 0.168. The molecule has 6 nitrogen and oxygen atoms in total. The Morgan fingerprint density at radius 2 is 1.72 bits per heavy atom. The van der Waals surface area contributed by atoms with Crippen molar-refractivity contribution in [3.63, 3.8) is 0 Å². The summed E-state index contributed by atoms with van der Waals surface area (Å²) >= 11 is 1.48. The maximum atomic E-state index is 12.5. The molecular formula is C22H19N5OS. The smallest absolute Gasteiger partial charge is 0.259 e. The zero-order chi connectivity index (χ0) is 20.2. The van der Waals surface area contributed by atoms with Crippen molar-refractivity contribution in [1.29, 1.82) is 0 Å². The molecule has 2 heterocycles. The van der Waals surface area contributed by atoms with Gasteiger partial charge in [0.15, 0.2) is 5.13 Å². The minimum absolute atomic E-state index is 0.237. The summed E-state index contributed by atoms with van der Waals surface area (Å²) in [6.45, 7) is 3.79. The van der Waals surface area contributed by atoms with Gasteiger partial charge in [0.25, 0.3) is 5.91 Å². The van der Waals surface area contributed by atoms with Gasteiger partial charge in [0.05, 0.1) is 17.0 Å². The van der Waals surface area contributed by atoms with Gasteiger partial charge >= 0.3 is 0 Å². The van der Waals surface area contributed by atoms with Gasteiger partial charge in [-0.25, -0.2) is 15.0 Å². The standard InChI is InChI=1S/C22H19N5OS/c1-14-8-10-17(11-9-14)25-20(28)18-12-23-21(24-15(18)2)27-22-26-19(13-29-22)16-6-4-3-5-7-16/h3-13H,1-2H3,(H,25,28)(H,23,24,26,27). The lowest BCUT2D eigenvalue weighted by atomic mass is 10.2. The number of nitrogens with zero attached hydrogens (tertiary/aromatic N) is 3. The highest BCUT2D eigenvalue weighted by Gasteiger charge is 2.13. The first kappa shape index (κ1) is 18.8. The van der Waals surface area contributed by atoms with E-state index >= 15 is 0 Å². The van der Waals surface area contributed by atoms with E-state index in [2.05, 4.69) is 25.6 Å². The van der Waals surface area contributed by atoms with Crippen LogP contribution in [0.2, 0.25) is 0 Å². The van der Waals surface area contributed by atoms with Crippen LogP contribution in [0.15, 0.2) is 66.2 Å². The van der Waals surface area contributed by atoms with Gasteiger partial charge in [0, 0.05) is 22.8 Å². The Bertz CT molecular complexity index is 1140. The molecule has 0 unspecified atom stereocenters. The van der Waals surface area contributed by atoms with Crippen LogP contribution in [0.3, 0.4) is 0 Å². The number of hydrogen-bond acceptors (Lipinski definition) is 6.